The Bertz CT molecular complexity index is 777. The standard InChI is InChI=1S/C14H14N4O2/c1-14(2)8-5-7(3-4-9(8)16-12(14)20)10-6-11(19)18-13(15)17-10/h3-6H,1-2H3,(H,16,20)(H3,15,17,18,19). The first kappa shape index (κ1) is 12.4. The van der Waals surface area contributed by atoms with Crippen LogP contribution >= 0.6 is 0 Å². The van der Waals surface area contributed by atoms with Crippen molar-refractivity contribution in [3.05, 3.63) is 40.2 Å². The third-order valence-electron chi connectivity index (χ3n) is 3.56. The van der Waals surface area contributed by atoms with Gasteiger partial charge in [0.1, 0.15) is 0 Å². The van der Waals surface area contributed by atoms with E-state index in [0.29, 0.717) is 5.69 Å². The fourth-order valence-electron chi connectivity index (χ4n) is 2.35. The average Bonchev–Trinajstić information content (AvgIpc) is 2.59. The number of aromatic nitrogens is 2. The smallest absolute Gasteiger partial charge is 0.252 e. The number of benzene rings is 1. The number of amides is 1. The molecule has 0 saturated heterocycles. The summed E-state index contributed by atoms with van der Waals surface area (Å²) in [5, 5.41) is 2.84. The number of nitrogens with two attached hydrogens (primary N) is 1. The van der Waals surface area contributed by atoms with Crippen molar-refractivity contribution in [2.24, 2.45) is 0 Å². The Balaban J connectivity index is 2.17. The molecule has 6 nitrogen and oxygen atoms in total. The monoisotopic (exact) mass is 270 g/mol. The molecular formula is C14H14N4O2. The number of fused-ring (bicyclic) bond motifs is 1. The lowest BCUT2D eigenvalue weighted by atomic mass is 9.85. The molecule has 0 fully saturated rings. The minimum atomic E-state index is -0.599. The van der Waals surface area contributed by atoms with Crippen LogP contribution in [0.3, 0.4) is 0 Å². The summed E-state index contributed by atoms with van der Waals surface area (Å²) >= 11 is 0. The van der Waals surface area contributed by atoms with Crippen LogP contribution in [0.1, 0.15) is 19.4 Å². The van der Waals surface area contributed by atoms with Gasteiger partial charge in [0.15, 0.2) is 0 Å². The fourth-order valence-corrected chi connectivity index (χ4v) is 2.35. The lowest BCUT2D eigenvalue weighted by Gasteiger charge is -2.15. The van der Waals surface area contributed by atoms with Gasteiger partial charge in [0.2, 0.25) is 11.9 Å². The highest BCUT2D eigenvalue weighted by Crippen LogP contribution is 2.39. The van der Waals surface area contributed by atoms with E-state index in [9.17, 15) is 9.59 Å². The molecule has 0 radical (unpaired) electrons. The molecule has 102 valence electrons. The molecule has 0 bridgehead atoms. The lowest BCUT2D eigenvalue weighted by molar-refractivity contribution is -0.119. The zero-order valence-corrected chi connectivity index (χ0v) is 11.2. The minimum Gasteiger partial charge on any atom is -0.369 e. The molecule has 0 spiro atoms. The number of H-pyrrole nitrogens is 1. The van der Waals surface area contributed by atoms with E-state index < -0.39 is 5.41 Å². The number of carbonyl (C=O) groups is 1. The first-order valence-electron chi connectivity index (χ1n) is 6.21. The van der Waals surface area contributed by atoms with Crippen LogP contribution in [-0.4, -0.2) is 15.9 Å². The minimum absolute atomic E-state index is 0.0389. The van der Waals surface area contributed by atoms with Crippen LogP contribution in [0.4, 0.5) is 11.6 Å². The quantitative estimate of drug-likeness (QED) is 0.725. The number of rotatable bonds is 1. The molecule has 4 N–H and O–H groups in total. The van der Waals surface area contributed by atoms with E-state index in [1.807, 2.05) is 32.0 Å². The van der Waals surface area contributed by atoms with Gasteiger partial charge in [-0.15, -0.1) is 0 Å². The molecule has 2 heterocycles. The molecule has 1 aliphatic rings. The van der Waals surface area contributed by atoms with Crippen molar-refractivity contribution in [2.45, 2.75) is 19.3 Å². The van der Waals surface area contributed by atoms with Gasteiger partial charge < -0.3 is 11.1 Å². The summed E-state index contributed by atoms with van der Waals surface area (Å²) in [4.78, 5) is 29.9. The zero-order chi connectivity index (χ0) is 14.5. The Morgan fingerprint density at radius 1 is 1.20 bits per heavy atom. The van der Waals surface area contributed by atoms with Crippen molar-refractivity contribution < 1.29 is 4.79 Å². The van der Waals surface area contributed by atoms with Gasteiger partial charge in [-0.05, 0) is 31.5 Å². The number of anilines is 2. The first-order valence-corrected chi connectivity index (χ1v) is 6.21. The van der Waals surface area contributed by atoms with Gasteiger partial charge in [0, 0.05) is 17.3 Å². The highest BCUT2D eigenvalue weighted by Gasteiger charge is 2.38. The van der Waals surface area contributed by atoms with E-state index in [1.54, 1.807) is 0 Å². The Morgan fingerprint density at radius 2 is 1.95 bits per heavy atom. The molecule has 6 heteroatoms. The zero-order valence-electron chi connectivity index (χ0n) is 11.2. The van der Waals surface area contributed by atoms with Crippen molar-refractivity contribution in [1.29, 1.82) is 0 Å². The number of hydrogen-bond donors (Lipinski definition) is 3. The van der Waals surface area contributed by atoms with Gasteiger partial charge in [-0.3, -0.25) is 14.6 Å². The number of nitrogen functional groups attached to an aromatic ring is 1. The van der Waals surface area contributed by atoms with Crippen molar-refractivity contribution in [1.82, 2.24) is 9.97 Å². The number of hydrogen-bond acceptors (Lipinski definition) is 4. The summed E-state index contributed by atoms with van der Waals surface area (Å²) in [6, 6.07) is 6.88. The molecule has 1 aromatic heterocycles. The number of nitrogens with one attached hydrogen (secondary N) is 2. The maximum Gasteiger partial charge on any atom is 0.252 e. The van der Waals surface area contributed by atoms with E-state index in [0.717, 1.165) is 16.8 Å². The Hall–Kier alpha value is -2.63. The lowest BCUT2D eigenvalue weighted by Crippen LogP contribution is -2.26. The van der Waals surface area contributed by atoms with Crippen molar-refractivity contribution in [3.63, 3.8) is 0 Å². The van der Waals surface area contributed by atoms with Gasteiger partial charge in [-0.1, -0.05) is 6.07 Å². The van der Waals surface area contributed by atoms with Crippen LogP contribution in [-0.2, 0) is 10.2 Å². The molecule has 3 rings (SSSR count). The molecular weight excluding hydrogens is 256 g/mol. The van der Waals surface area contributed by atoms with Gasteiger partial charge in [0.05, 0.1) is 11.1 Å². The number of carbonyl (C=O) groups excluding carboxylic acids is 1. The highest BCUT2D eigenvalue weighted by atomic mass is 16.2. The van der Waals surface area contributed by atoms with Crippen LogP contribution in [0.15, 0.2) is 29.1 Å². The molecule has 0 unspecified atom stereocenters. The Morgan fingerprint density at radius 3 is 2.65 bits per heavy atom. The van der Waals surface area contributed by atoms with E-state index >= 15 is 0 Å². The molecule has 0 atom stereocenters. The van der Waals surface area contributed by atoms with Crippen molar-refractivity contribution in [3.8, 4) is 11.3 Å². The van der Waals surface area contributed by atoms with E-state index in [-0.39, 0.29) is 17.4 Å². The largest absolute Gasteiger partial charge is 0.369 e. The van der Waals surface area contributed by atoms with Crippen molar-refractivity contribution >= 4 is 17.5 Å². The summed E-state index contributed by atoms with van der Waals surface area (Å²) in [5.74, 6) is 0.0319. The Labute approximate surface area is 115 Å². The second-order valence-electron chi connectivity index (χ2n) is 5.36. The number of nitrogens with zero attached hydrogens (tertiary/aromatic N) is 1. The van der Waals surface area contributed by atoms with Crippen LogP contribution in [0.5, 0.6) is 0 Å². The molecule has 1 aromatic carbocycles. The van der Waals surface area contributed by atoms with E-state index in [2.05, 4.69) is 15.3 Å². The molecule has 20 heavy (non-hydrogen) atoms. The highest BCUT2D eigenvalue weighted by molar-refractivity contribution is 6.06. The summed E-state index contributed by atoms with van der Waals surface area (Å²) in [7, 11) is 0. The first-order chi connectivity index (χ1) is 9.38. The second kappa shape index (κ2) is 3.93. The summed E-state index contributed by atoms with van der Waals surface area (Å²) < 4.78 is 0. The molecule has 0 saturated carbocycles. The SMILES string of the molecule is CC1(C)C(=O)Nc2ccc(-c3cc(=O)[nH]c(N)n3)cc21. The predicted octanol–water partition coefficient (Wildman–Crippen LogP) is 1.25. The number of aromatic amines is 1. The molecule has 2 aromatic rings. The normalized spacial score (nSPS) is 15.8. The topological polar surface area (TPSA) is 101 Å². The van der Waals surface area contributed by atoms with Crippen LogP contribution in [0.25, 0.3) is 11.3 Å². The fraction of sp³-hybridized carbons (Fsp3) is 0.214. The second-order valence-corrected chi connectivity index (χ2v) is 5.36. The van der Waals surface area contributed by atoms with Crippen LogP contribution in [0.2, 0.25) is 0 Å². The van der Waals surface area contributed by atoms with Gasteiger partial charge in [0.25, 0.3) is 5.56 Å². The Kier molecular flexibility index (Phi) is 2.44. The van der Waals surface area contributed by atoms with E-state index in [4.69, 9.17) is 5.73 Å². The van der Waals surface area contributed by atoms with Gasteiger partial charge in [-0.25, -0.2) is 4.98 Å². The molecule has 0 aliphatic carbocycles. The summed E-state index contributed by atoms with van der Waals surface area (Å²) in [6.45, 7) is 3.72. The third-order valence-corrected chi connectivity index (χ3v) is 3.56. The summed E-state index contributed by atoms with van der Waals surface area (Å²) in [6.07, 6.45) is 0. The van der Waals surface area contributed by atoms with Crippen LogP contribution < -0.4 is 16.6 Å². The average molecular weight is 270 g/mol. The van der Waals surface area contributed by atoms with Gasteiger partial charge in [-0.2, -0.15) is 0 Å². The van der Waals surface area contributed by atoms with Gasteiger partial charge >= 0.3 is 0 Å². The van der Waals surface area contributed by atoms with Crippen molar-refractivity contribution in [2.75, 3.05) is 11.1 Å². The third kappa shape index (κ3) is 1.77. The summed E-state index contributed by atoms with van der Waals surface area (Å²) in [5.41, 5.74) is 7.58. The molecule has 1 amide bonds. The maximum absolute atomic E-state index is 11.9. The predicted molar refractivity (Wildman–Crippen MR) is 76.4 cm³/mol. The van der Waals surface area contributed by atoms with E-state index in [1.165, 1.54) is 6.07 Å². The molecule has 1 aliphatic heterocycles. The maximum atomic E-state index is 11.9. The van der Waals surface area contributed by atoms with Crippen LogP contribution in [0, 0.1) is 0 Å².